The number of benzene rings is 2. The average molecular weight is 333 g/mol. The third kappa shape index (κ3) is 5.30. The van der Waals surface area contributed by atoms with Crippen molar-refractivity contribution in [3.63, 3.8) is 0 Å². The zero-order valence-corrected chi connectivity index (χ0v) is 13.4. The van der Waals surface area contributed by atoms with Crippen LogP contribution in [-0.4, -0.2) is 25.5 Å². The van der Waals surface area contributed by atoms with Gasteiger partial charge in [0.05, 0.1) is 13.7 Å². The summed E-state index contributed by atoms with van der Waals surface area (Å²) in [5, 5.41) is 5.85. The summed E-state index contributed by atoms with van der Waals surface area (Å²) in [7, 11) is 1.60. The first-order valence-electron chi connectivity index (χ1n) is 7.02. The Morgan fingerprint density at radius 3 is 2.26 bits per heavy atom. The van der Waals surface area contributed by atoms with Gasteiger partial charge in [0.25, 0.3) is 5.91 Å². The van der Waals surface area contributed by atoms with Crippen LogP contribution < -0.4 is 15.4 Å². The highest BCUT2D eigenvalue weighted by Crippen LogP contribution is 2.11. The van der Waals surface area contributed by atoms with Crippen LogP contribution in [-0.2, 0) is 11.3 Å². The van der Waals surface area contributed by atoms with Gasteiger partial charge < -0.3 is 15.4 Å². The van der Waals surface area contributed by atoms with Crippen molar-refractivity contribution in [2.45, 2.75) is 6.54 Å². The molecule has 0 aliphatic carbocycles. The second kappa shape index (κ2) is 8.19. The Bertz CT molecular complexity index is 669. The minimum atomic E-state index is -0.318. The van der Waals surface area contributed by atoms with E-state index in [1.54, 1.807) is 31.4 Å². The molecule has 0 heterocycles. The number of methoxy groups -OCH3 is 1. The predicted molar refractivity (Wildman–Crippen MR) is 88.6 cm³/mol. The molecule has 0 radical (unpaired) electrons. The molecule has 0 saturated carbocycles. The van der Waals surface area contributed by atoms with E-state index in [1.165, 1.54) is 0 Å². The number of amides is 2. The van der Waals surface area contributed by atoms with E-state index in [2.05, 4.69) is 10.6 Å². The van der Waals surface area contributed by atoms with Gasteiger partial charge in [0.15, 0.2) is 0 Å². The fourth-order valence-corrected chi connectivity index (χ4v) is 2.00. The van der Waals surface area contributed by atoms with E-state index in [0.29, 0.717) is 17.1 Å². The van der Waals surface area contributed by atoms with Gasteiger partial charge in [-0.1, -0.05) is 23.7 Å². The van der Waals surface area contributed by atoms with Gasteiger partial charge in [-0.2, -0.15) is 0 Å². The zero-order valence-electron chi connectivity index (χ0n) is 12.6. The van der Waals surface area contributed by atoms with Gasteiger partial charge in [0, 0.05) is 17.1 Å². The first-order valence-corrected chi connectivity index (χ1v) is 7.39. The van der Waals surface area contributed by atoms with Crippen molar-refractivity contribution in [2.75, 3.05) is 13.7 Å². The number of carbonyl (C=O) groups is 2. The van der Waals surface area contributed by atoms with E-state index in [9.17, 15) is 9.59 Å². The molecule has 5 nitrogen and oxygen atoms in total. The monoisotopic (exact) mass is 332 g/mol. The Balaban J connectivity index is 1.76. The highest BCUT2D eigenvalue weighted by molar-refractivity contribution is 6.30. The van der Waals surface area contributed by atoms with Crippen LogP contribution in [0.3, 0.4) is 0 Å². The normalized spacial score (nSPS) is 10.0. The second-order valence-corrected chi connectivity index (χ2v) is 5.25. The van der Waals surface area contributed by atoms with Crippen LogP contribution in [0.4, 0.5) is 0 Å². The van der Waals surface area contributed by atoms with Crippen LogP contribution in [0, 0.1) is 0 Å². The molecular weight excluding hydrogens is 316 g/mol. The Labute approximate surface area is 139 Å². The van der Waals surface area contributed by atoms with Gasteiger partial charge in [-0.3, -0.25) is 9.59 Å². The minimum Gasteiger partial charge on any atom is -0.497 e. The van der Waals surface area contributed by atoms with E-state index in [-0.39, 0.29) is 18.4 Å². The molecule has 0 aliphatic rings. The van der Waals surface area contributed by atoms with Crippen molar-refractivity contribution in [1.29, 1.82) is 0 Å². The standard InChI is InChI=1S/C17H17ClN2O3/c1-23-15-8-2-12(3-9-15)10-19-16(21)11-20-17(22)13-4-6-14(18)7-5-13/h2-9H,10-11H2,1H3,(H,19,21)(H,20,22). The molecule has 0 atom stereocenters. The number of hydrogen-bond donors (Lipinski definition) is 2. The summed E-state index contributed by atoms with van der Waals surface area (Å²) >= 11 is 5.76. The summed E-state index contributed by atoms with van der Waals surface area (Å²) in [6.45, 7) is 0.303. The number of ether oxygens (including phenoxy) is 1. The summed E-state index contributed by atoms with van der Waals surface area (Å²) < 4.78 is 5.07. The molecule has 0 bridgehead atoms. The lowest BCUT2D eigenvalue weighted by Crippen LogP contribution is -2.36. The average Bonchev–Trinajstić information content (AvgIpc) is 2.59. The second-order valence-electron chi connectivity index (χ2n) is 4.81. The Kier molecular flexibility index (Phi) is 6.00. The Hall–Kier alpha value is -2.53. The molecule has 0 aliphatic heterocycles. The molecule has 0 saturated heterocycles. The predicted octanol–water partition coefficient (Wildman–Crippen LogP) is 2.39. The minimum absolute atomic E-state index is 0.0857. The summed E-state index contributed by atoms with van der Waals surface area (Å²) in [6.07, 6.45) is 0. The maximum Gasteiger partial charge on any atom is 0.251 e. The van der Waals surface area contributed by atoms with Gasteiger partial charge in [-0.05, 0) is 42.0 Å². The lowest BCUT2D eigenvalue weighted by molar-refractivity contribution is -0.120. The van der Waals surface area contributed by atoms with E-state index < -0.39 is 0 Å². The molecule has 2 aromatic rings. The maximum absolute atomic E-state index is 11.9. The number of rotatable bonds is 6. The number of hydrogen-bond acceptors (Lipinski definition) is 3. The smallest absolute Gasteiger partial charge is 0.251 e. The van der Waals surface area contributed by atoms with Crippen molar-refractivity contribution < 1.29 is 14.3 Å². The largest absolute Gasteiger partial charge is 0.497 e. The number of carbonyl (C=O) groups excluding carboxylic acids is 2. The summed E-state index contributed by atoms with van der Waals surface area (Å²) in [4.78, 5) is 23.6. The van der Waals surface area contributed by atoms with E-state index >= 15 is 0 Å². The molecule has 120 valence electrons. The van der Waals surface area contributed by atoms with E-state index in [0.717, 1.165) is 11.3 Å². The highest BCUT2D eigenvalue weighted by atomic mass is 35.5. The lowest BCUT2D eigenvalue weighted by Gasteiger charge is -2.08. The molecule has 6 heteroatoms. The Morgan fingerprint density at radius 2 is 1.65 bits per heavy atom. The van der Waals surface area contributed by atoms with Crippen molar-refractivity contribution in [2.24, 2.45) is 0 Å². The highest BCUT2D eigenvalue weighted by Gasteiger charge is 2.07. The number of halogens is 1. The first kappa shape index (κ1) is 16.8. The topological polar surface area (TPSA) is 67.4 Å². The summed E-state index contributed by atoms with van der Waals surface area (Å²) in [6, 6.07) is 13.8. The van der Waals surface area contributed by atoms with E-state index in [1.807, 2.05) is 24.3 Å². The van der Waals surface area contributed by atoms with Crippen LogP contribution in [0.15, 0.2) is 48.5 Å². The fraction of sp³-hybridized carbons (Fsp3) is 0.176. The van der Waals surface area contributed by atoms with Crippen molar-refractivity contribution in [1.82, 2.24) is 10.6 Å². The molecule has 0 unspecified atom stereocenters. The van der Waals surface area contributed by atoms with Gasteiger partial charge in [0.1, 0.15) is 5.75 Å². The molecular formula is C17H17ClN2O3. The summed E-state index contributed by atoms with van der Waals surface area (Å²) in [5.41, 5.74) is 1.40. The van der Waals surface area contributed by atoms with Crippen molar-refractivity contribution in [3.8, 4) is 5.75 Å². The van der Waals surface area contributed by atoms with Crippen molar-refractivity contribution >= 4 is 23.4 Å². The van der Waals surface area contributed by atoms with Crippen LogP contribution in [0.5, 0.6) is 5.75 Å². The molecule has 2 N–H and O–H groups in total. The molecule has 0 fully saturated rings. The van der Waals surface area contributed by atoms with Crippen LogP contribution >= 0.6 is 11.6 Å². The fourth-order valence-electron chi connectivity index (χ4n) is 1.87. The lowest BCUT2D eigenvalue weighted by atomic mass is 10.2. The molecule has 2 amide bonds. The Morgan fingerprint density at radius 1 is 1.00 bits per heavy atom. The van der Waals surface area contributed by atoms with Gasteiger partial charge in [-0.25, -0.2) is 0 Å². The SMILES string of the molecule is COc1ccc(CNC(=O)CNC(=O)c2ccc(Cl)cc2)cc1. The summed E-state index contributed by atoms with van der Waals surface area (Å²) in [5.74, 6) is 0.180. The molecule has 0 spiro atoms. The maximum atomic E-state index is 11.9. The van der Waals surface area contributed by atoms with Crippen LogP contribution in [0.1, 0.15) is 15.9 Å². The molecule has 0 aromatic heterocycles. The van der Waals surface area contributed by atoms with Crippen molar-refractivity contribution in [3.05, 3.63) is 64.7 Å². The quantitative estimate of drug-likeness (QED) is 0.853. The van der Waals surface area contributed by atoms with Gasteiger partial charge in [0.2, 0.25) is 5.91 Å². The zero-order chi connectivity index (χ0) is 16.7. The molecule has 2 rings (SSSR count). The third-order valence-electron chi connectivity index (χ3n) is 3.16. The van der Waals surface area contributed by atoms with Crippen LogP contribution in [0.25, 0.3) is 0 Å². The third-order valence-corrected chi connectivity index (χ3v) is 3.42. The first-order chi connectivity index (χ1) is 11.1. The molecule has 23 heavy (non-hydrogen) atoms. The van der Waals surface area contributed by atoms with Gasteiger partial charge in [-0.15, -0.1) is 0 Å². The van der Waals surface area contributed by atoms with Crippen LogP contribution in [0.2, 0.25) is 5.02 Å². The van der Waals surface area contributed by atoms with Gasteiger partial charge >= 0.3 is 0 Å². The van der Waals surface area contributed by atoms with E-state index in [4.69, 9.17) is 16.3 Å². The number of nitrogens with one attached hydrogen (secondary N) is 2. The molecule has 2 aromatic carbocycles.